The van der Waals surface area contributed by atoms with Crippen LogP contribution in [0.25, 0.3) is 0 Å². The molecule has 0 atom stereocenters. The van der Waals surface area contributed by atoms with Gasteiger partial charge in [-0.15, -0.1) is 0 Å². The third-order valence-corrected chi connectivity index (χ3v) is 2.30. The van der Waals surface area contributed by atoms with Crippen LogP contribution in [0, 0.1) is 10.1 Å². The number of nitro groups is 1. The summed E-state index contributed by atoms with van der Waals surface area (Å²) in [6.45, 7) is -2.38. The second-order valence-electron chi connectivity index (χ2n) is 3.68. The van der Waals surface area contributed by atoms with Gasteiger partial charge < -0.3 is 15.2 Å². The zero-order valence-electron chi connectivity index (χ0n) is 10.0. The molecule has 0 aliphatic heterocycles. The van der Waals surface area contributed by atoms with E-state index in [4.69, 9.17) is 5.11 Å². The van der Waals surface area contributed by atoms with Crippen LogP contribution in [0.15, 0.2) is 18.2 Å². The van der Waals surface area contributed by atoms with Gasteiger partial charge in [-0.3, -0.25) is 10.1 Å². The standard InChI is InChI=1S/C11H14F2N2O4/c12-11(13)19-10-3-2-9(15(17)18)6-8(10)7-14-4-1-5-16/h2-3,6,11,14,16H,1,4-5,7H2. The van der Waals surface area contributed by atoms with Crippen molar-refractivity contribution in [2.45, 2.75) is 19.6 Å². The molecule has 106 valence electrons. The highest BCUT2D eigenvalue weighted by atomic mass is 19.3. The number of hydrogen-bond acceptors (Lipinski definition) is 5. The van der Waals surface area contributed by atoms with Crippen LogP contribution in [0.3, 0.4) is 0 Å². The molecule has 0 spiro atoms. The summed E-state index contributed by atoms with van der Waals surface area (Å²) in [6.07, 6.45) is 0.500. The van der Waals surface area contributed by atoms with E-state index in [9.17, 15) is 18.9 Å². The predicted molar refractivity (Wildman–Crippen MR) is 63.1 cm³/mol. The first kappa shape index (κ1) is 15.3. The first-order valence-corrected chi connectivity index (χ1v) is 5.58. The third-order valence-electron chi connectivity index (χ3n) is 2.30. The number of aliphatic hydroxyl groups excluding tert-OH is 1. The van der Waals surface area contributed by atoms with Crippen LogP contribution in [-0.4, -0.2) is 29.8 Å². The second kappa shape index (κ2) is 7.59. The summed E-state index contributed by atoms with van der Waals surface area (Å²) in [5.74, 6) is -0.0999. The number of nitrogens with one attached hydrogen (secondary N) is 1. The van der Waals surface area contributed by atoms with Crippen LogP contribution in [0.1, 0.15) is 12.0 Å². The average Bonchev–Trinajstić information content (AvgIpc) is 2.35. The van der Waals surface area contributed by atoms with E-state index in [1.807, 2.05) is 0 Å². The Bertz CT molecular complexity index is 429. The maximum Gasteiger partial charge on any atom is 0.387 e. The summed E-state index contributed by atoms with van der Waals surface area (Å²) < 4.78 is 28.7. The molecule has 19 heavy (non-hydrogen) atoms. The smallest absolute Gasteiger partial charge is 0.387 e. The maximum absolute atomic E-state index is 12.2. The van der Waals surface area contributed by atoms with Crippen LogP contribution < -0.4 is 10.1 Å². The lowest BCUT2D eigenvalue weighted by Crippen LogP contribution is -2.17. The largest absolute Gasteiger partial charge is 0.434 e. The Labute approximate surface area is 108 Å². The molecule has 0 saturated carbocycles. The average molecular weight is 276 g/mol. The molecule has 0 amide bonds. The number of halogens is 2. The molecule has 6 nitrogen and oxygen atoms in total. The SMILES string of the molecule is O=[N+]([O-])c1ccc(OC(F)F)c(CNCCCO)c1. The number of ether oxygens (including phenoxy) is 1. The quantitative estimate of drug-likeness (QED) is 0.428. The Kier molecular flexibility index (Phi) is 6.10. The molecule has 0 unspecified atom stereocenters. The van der Waals surface area contributed by atoms with E-state index in [1.165, 1.54) is 6.07 Å². The lowest BCUT2D eigenvalue weighted by molar-refractivity contribution is -0.385. The Morgan fingerprint density at radius 2 is 2.21 bits per heavy atom. The molecular formula is C11H14F2N2O4. The van der Waals surface area contributed by atoms with Gasteiger partial charge in [0.05, 0.1) is 4.92 Å². The van der Waals surface area contributed by atoms with Crippen molar-refractivity contribution in [3.05, 3.63) is 33.9 Å². The van der Waals surface area contributed by atoms with Gasteiger partial charge in [0.2, 0.25) is 0 Å². The molecule has 0 radical (unpaired) electrons. The van der Waals surface area contributed by atoms with E-state index in [2.05, 4.69) is 10.1 Å². The van der Waals surface area contributed by atoms with Gasteiger partial charge in [-0.25, -0.2) is 0 Å². The molecule has 0 bridgehead atoms. The number of nitrogens with zero attached hydrogens (tertiary/aromatic N) is 1. The highest BCUT2D eigenvalue weighted by molar-refractivity contribution is 5.43. The van der Waals surface area contributed by atoms with Gasteiger partial charge in [-0.1, -0.05) is 0 Å². The van der Waals surface area contributed by atoms with Gasteiger partial charge in [0.25, 0.3) is 5.69 Å². The van der Waals surface area contributed by atoms with Crippen molar-refractivity contribution >= 4 is 5.69 Å². The number of nitro benzene ring substituents is 1. The fourth-order valence-corrected chi connectivity index (χ4v) is 1.46. The molecule has 8 heteroatoms. The van der Waals surface area contributed by atoms with Crippen LogP contribution in [0.5, 0.6) is 5.75 Å². The molecule has 1 aromatic rings. The number of benzene rings is 1. The lowest BCUT2D eigenvalue weighted by Gasteiger charge is -2.11. The highest BCUT2D eigenvalue weighted by Crippen LogP contribution is 2.25. The molecule has 2 N–H and O–H groups in total. The Morgan fingerprint density at radius 1 is 1.47 bits per heavy atom. The van der Waals surface area contributed by atoms with E-state index in [0.29, 0.717) is 13.0 Å². The highest BCUT2D eigenvalue weighted by Gasteiger charge is 2.14. The zero-order valence-corrected chi connectivity index (χ0v) is 10.0. The minimum atomic E-state index is -2.99. The van der Waals surface area contributed by atoms with Crippen molar-refractivity contribution in [3.8, 4) is 5.75 Å². The summed E-state index contributed by atoms with van der Waals surface area (Å²) >= 11 is 0. The minimum absolute atomic E-state index is 0.00231. The van der Waals surface area contributed by atoms with Gasteiger partial charge in [-0.2, -0.15) is 8.78 Å². The van der Waals surface area contributed by atoms with Crippen LogP contribution in [-0.2, 0) is 6.54 Å². The van der Waals surface area contributed by atoms with Crippen molar-refractivity contribution in [1.29, 1.82) is 0 Å². The van der Waals surface area contributed by atoms with Crippen molar-refractivity contribution in [2.24, 2.45) is 0 Å². The van der Waals surface area contributed by atoms with E-state index in [0.717, 1.165) is 12.1 Å². The van der Waals surface area contributed by atoms with Crippen molar-refractivity contribution in [3.63, 3.8) is 0 Å². The Hall–Kier alpha value is -1.80. The van der Waals surface area contributed by atoms with E-state index < -0.39 is 11.5 Å². The van der Waals surface area contributed by atoms with Crippen molar-refractivity contribution in [2.75, 3.05) is 13.2 Å². The van der Waals surface area contributed by atoms with E-state index >= 15 is 0 Å². The number of rotatable bonds is 8. The molecule has 0 saturated heterocycles. The molecule has 0 aromatic heterocycles. The minimum Gasteiger partial charge on any atom is -0.434 e. The summed E-state index contributed by atoms with van der Waals surface area (Å²) in [4.78, 5) is 10.0. The molecule has 1 aromatic carbocycles. The van der Waals surface area contributed by atoms with Gasteiger partial charge in [-0.05, 0) is 19.0 Å². The van der Waals surface area contributed by atoms with Crippen LogP contribution in [0.2, 0.25) is 0 Å². The van der Waals surface area contributed by atoms with Gasteiger partial charge >= 0.3 is 6.61 Å². The summed E-state index contributed by atoms with van der Waals surface area (Å²) in [5.41, 5.74) is 0.0769. The van der Waals surface area contributed by atoms with Gasteiger partial charge in [0.15, 0.2) is 0 Å². The molecule has 0 aliphatic rings. The number of non-ortho nitro benzene ring substituents is 1. The molecule has 0 heterocycles. The lowest BCUT2D eigenvalue weighted by atomic mass is 10.1. The Morgan fingerprint density at radius 3 is 2.79 bits per heavy atom. The van der Waals surface area contributed by atoms with Crippen molar-refractivity contribution in [1.82, 2.24) is 5.32 Å². The summed E-state index contributed by atoms with van der Waals surface area (Å²) in [5, 5.41) is 22.1. The number of alkyl halides is 2. The van der Waals surface area contributed by atoms with E-state index in [1.54, 1.807) is 0 Å². The predicted octanol–water partition coefficient (Wildman–Crippen LogP) is 1.67. The fourth-order valence-electron chi connectivity index (χ4n) is 1.46. The first-order valence-electron chi connectivity index (χ1n) is 5.58. The normalized spacial score (nSPS) is 10.7. The fraction of sp³-hybridized carbons (Fsp3) is 0.455. The monoisotopic (exact) mass is 276 g/mol. The molecule has 1 rings (SSSR count). The zero-order chi connectivity index (χ0) is 14.3. The summed E-state index contributed by atoms with van der Waals surface area (Å²) in [7, 11) is 0. The second-order valence-corrected chi connectivity index (χ2v) is 3.68. The molecule has 0 aliphatic carbocycles. The number of aliphatic hydroxyl groups is 1. The van der Waals surface area contributed by atoms with Crippen LogP contribution in [0.4, 0.5) is 14.5 Å². The first-order chi connectivity index (χ1) is 9.04. The van der Waals surface area contributed by atoms with Crippen molar-refractivity contribution < 1.29 is 23.5 Å². The van der Waals surface area contributed by atoms with Gasteiger partial charge in [0, 0.05) is 30.8 Å². The Balaban J connectivity index is 2.81. The topological polar surface area (TPSA) is 84.6 Å². The molecular weight excluding hydrogens is 262 g/mol. The van der Waals surface area contributed by atoms with Crippen LogP contribution >= 0.6 is 0 Å². The summed E-state index contributed by atoms with van der Waals surface area (Å²) in [6, 6.07) is 3.44. The maximum atomic E-state index is 12.2. The molecule has 0 fully saturated rings. The number of hydrogen-bond donors (Lipinski definition) is 2. The van der Waals surface area contributed by atoms with E-state index in [-0.39, 0.29) is 30.2 Å². The third kappa shape index (κ3) is 5.14. The van der Waals surface area contributed by atoms with Gasteiger partial charge in [0.1, 0.15) is 5.75 Å².